The van der Waals surface area contributed by atoms with Gasteiger partial charge in [-0.25, -0.2) is 0 Å². The summed E-state index contributed by atoms with van der Waals surface area (Å²) in [4.78, 5) is 28.3. The lowest BCUT2D eigenvalue weighted by Crippen LogP contribution is -2.13. The first kappa shape index (κ1) is 19.8. The summed E-state index contributed by atoms with van der Waals surface area (Å²) >= 11 is 0. The van der Waals surface area contributed by atoms with Crippen molar-refractivity contribution in [3.63, 3.8) is 0 Å². The standard InChI is InChI=1S/C32H24O4/c1-35-21-15-11-19(12-16-21)27-23-7-3-5-9-25(23)31(33)29(27)30-28(20-13-17-22(36-2)18-14-20)24-8-4-6-10-26(24)32(30)34/h3-18,27-28H,1-2H3/b30-29+/t27-,28-/m1/s1/i27D,28D. The van der Waals surface area contributed by atoms with Gasteiger partial charge in [-0.15, -0.1) is 0 Å². The summed E-state index contributed by atoms with van der Waals surface area (Å²) in [7, 11) is 3.12. The van der Waals surface area contributed by atoms with Crippen molar-refractivity contribution in [2.45, 2.75) is 11.8 Å². The summed E-state index contributed by atoms with van der Waals surface area (Å²) in [5.74, 6) is -3.00. The summed E-state index contributed by atoms with van der Waals surface area (Å²) < 4.78 is 30.5. The zero-order valence-electron chi connectivity index (χ0n) is 21.9. The summed E-state index contributed by atoms with van der Waals surface area (Å²) in [5.41, 5.74) is 2.74. The second-order valence-electron chi connectivity index (χ2n) is 8.71. The molecule has 2 atom stereocenters. The van der Waals surface area contributed by atoms with Crippen LogP contribution >= 0.6 is 0 Å². The van der Waals surface area contributed by atoms with E-state index in [0.29, 0.717) is 44.9 Å². The third-order valence-electron chi connectivity index (χ3n) is 6.84. The number of hydrogen-bond donors (Lipinski definition) is 0. The summed E-state index contributed by atoms with van der Waals surface area (Å²) in [6, 6.07) is 27.9. The molecule has 2 aliphatic rings. The number of benzene rings is 4. The number of carbonyl (C=O) groups excluding carboxylic acids is 2. The Morgan fingerprint density at radius 2 is 0.917 bits per heavy atom. The van der Waals surface area contributed by atoms with Crippen LogP contribution in [0.5, 0.6) is 11.5 Å². The van der Waals surface area contributed by atoms with E-state index in [1.54, 1.807) is 111 Å². The lowest BCUT2D eigenvalue weighted by Gasteiger charge is -2.20. The fraction of sp³-hybridized carbons (Fsp3) is 0.125. The molecule has 0 aromatic heterocycles. The maximum Gasteiger partial charge on any atom is 0.190 e. The molecule has 0 radical (unpaired) electrons. The number of rotatable bonds is 4. The van der Waals surface area contributed by atoms with Gasteiger partial charge >= 0.3 is 0 Å². The van der Waals surface area contributed by atoms with Crippen LogP contribution in [0.25, 0.3) is 0 Å². The molecule has 0 aliphatic heterocycles. The van der Waals surface area contributed by atoms with Gasteiger partial charge in [-0.05, 0) is 46.5 Å². The van der Waals surface area contributed by atoms with Crippen molar-refractivity contribution in [2.24, 2.45) is 0 Å². The molecule has 0 bridgehead atoms. The lowest BCUT2D eigenvalue weighted by atomic mass is 9.81. The number of carbonyl (C=O) groups is 2. The molecule has 4 aromatic carbocycles. The van der Waals surface area contributed by atoms with Crippen molar-refractivity contribution >= 4 is 11.6 Å². The normalized spacial score (nSPS) is 25.2. The van der Waals surface area contributed by atoms with E-state index in [2.05, 4.69) is 0 Å². The maximum absolute atomic E-state index is 14.2. The molecule has 4 nitrogen and oxygen atoms in total. The smallest absolute Gasteiger partial charge is 0.190 e. The van der Waals surface area contributed by atoms with Crippen LogP contribution < -0.4 is 9.47 Å². The molecule has 0 N–H and O–H groups in total. The molecule has 2 aliphatic carbocycles. The summed E-state index contributed by atoms with van der Waals surface area (Å²) in [5, 5.41) is 0. The molecule has 0 unspecified atom stereocenters. The van der Waals surface area contributed by atoms with Crippen LogP contribution in [0.3, 0.4) is 0 Å². The van der Waals surface area contributed by atoms with Gasteiger partial charge < -0.3 is 9.47 Å². The average molecular weight is 475 g/mol. The van der Waals surface area contributed by atoms with Crippen molar-refractivity contribution in [2.75, 3.05) is 14.2 Å². The third-order valence-corrected chi connectivity index (χ3v) is 6.84. The molecule has 0 saturated heterocycles. The molecular weight excluding hydrogens is 448 g/mol. The highest BCUT2D eigenvalue weighted by Crippen LogP contribution is 2.51. The van der Waals surface area contributed by atoms with Crippen LogP contribution in [-0.4, -0.2) is 25.8 Å². The van der Waals surface area contributed by atoms with Gasteiger partial charge in [0.1, 0.15) is 11.5 Å². The maximum atomic E-state index is 14.2. The number of ether oxygens (including phenoxy) is 2. The molecule has 6 rings (SSSR count). The predicted octanol–water partition coefficient (Wildman–Crippen LogP) is 6.36. The first-order valence-electron chi connectivity index (χ1n) is 12.7. The Labute approximate surface area is 212 Å². The highest BCUT2D eigenvalue weighted by atomic mass is 16.5. The van der Waals surface area contributed by atoms with E-state index in [1.807, 2.05) is 0 Å². The Balaban J connectivity index is 1.72. The second-order valence-corrected chi connectivity index (χ2v) is 8.71. The predicted molar refractivity (Wildman–Crippen MR) is 138 cm³/mol. The molecule has 0 spiro atoms. The molecule has 4 heteroatoms. The highest BCUT2D eigenvalue weighted by molar-refractivity contribution is 6.24. The van der Waals surface area contributed by atoms with Crippen molar-refractivity contribution in [3.8, 4) is 11.5 Å². The first-order chi connectivity index (χ1) is 18.3. The molecule has 36 heavy (non-hydrogen) atoms. The highest BCUT2D eigenvalue weighted by Gasteiger charge is 2.45. The van der Waals surface area contributed by atoms with Crippen molar-refractivity contribution in [3.05, 3.63) is 142 Å². The van der Waals surface area contributed by atoms with E-state index in [9.17, 15) is 12.3 Å². The largest absolute Gasteiger partial charge is 0.497 e. The average Bonchev–Trinajstić information content (AvgIpc) is 3.33. The van der Waals surface area contributed by atoms with E-state index in [0.717, 1.165) is 0 Å². The number of allylic oxidation sites excluding steroid dienone is 2. The lowest BCUT2D eigenvalue weighted by molar-refractivity contribution is 0.100. The monoisotopic (exact) mass is 474 g/mol. The van der Waals surface area contributed by atoms with Crippen LogP contribution in [0.15, 0.2) is 108 Å². The molecular formula is C32H24O4. The van der Waals surface area contributed by atoms with E-state index in [-0.39, 0.29) is 11.1 Å². The molecule has 0 heterocycles. The minimum absolute atomic E-state index is 0.0101. The van der Waals surface area contributed by atoms with Gasteiger partial charge in [-0.3, -0.25) is 9.59 Å². The first-order valence-corrected chi connectivity index (χ1v) is 11.7. The van der Waals surface area contributed by atoms with Gasteiger partial charge in [-0.2, -0.15) is 0 Å². The quantitative estimate of drug-likeness (QED) is 0.323. The summed E-state index contributed by atoms with van der Waals surface area (Å²) in [6.45, 7) is 0. The number of methoxy groups -OCH3 is 2. The number of ketones is 2. The Morgan fingerprint density at radius 3 is 1.28 bits per heavy atom. The van der Waals surface area contributed by atoms with E-state index >= 15 is 0 Å². The van der Waals surface area contributed by atoms with E-state index < -0.39 is 23.4 Å². The van der Waals surface area contributed by atoms with Crippen LogP contribution in [0.4, 0.5) is 0 Å². The molecule has 0 amide bonds. The zero-order valence-corrected chi connectivity index (χ0v) is 19.9. The third kappa shape index (κ3) is 3.29. The molecule has 0 fully saturated rings. The SMILES string of the molecule is [2H][C@]1(c2ccc(OC)cc2)/C(=C2\C(=O)c3ccccc3[C@@]2([2H])c2ccc(OC)cc2)C(=O)c2ccccc21. The van der Waals surface area contributed by atoms with Crippen molar-refractivity contribution in [1.29, 1.82) is 0 Å². The Bertz CT molecular complexity index is 1520. The Hall–Kier alpha value is -4.44. The minimum Gasteiger partial charge on any atom is -0.497 e. The topological polar surface area (TPSA) is 52.6 Å². The van der Waals surface area contributed by atoms with Gasteiger partial charge in [-0.1, -0.05) is 72.8 Å². The summed E-state index contributed by atoms with van der Waals surface area (Å²) in [6.07, 6.45) is 0. The van der Waals surface area contributed by atoms with Crippen LogP contribution in [0.2, 0.25) is 0 Å². The van der Waals surface area contributed by atoms with E-state index in [4.69, 9.17) is 9.47 Å². The Morgan fingerprint density at radius 1 is 0.556 bits per heavy atom. The van der Waals surface area contributed by atoms with Gasteiger partial charge in [0.25, 0.3) is 0 Å². The van der Waals surface area contributed by atoms with Gasteiger partial charge in [0.2, 0.25) is 0 Å². The van der Waals surface area contributed by atoms with Crippen molar-refractivity contribution < 1.29 is 21.8 Å². The van der Waals surface area contributed by atoms with Crippen LogP contribution in [0, 0.1) is 0 Å². The fourth-order valence-corrected chi connectivity index (χ4v) is 5.16. The van der Waals surface area contributed by atoms with Gasteiger partial charge in [0.15, 0.2) is 11.6 Å². The number of hydrogen-bond acceptors (Lipinski definition) is 4. The minimum atomic E-state index is -1.70. The van der Waals surface area contributed by atoms with E-state index in [1.165, 1.54) is 0 Å². The fourth-order valence-electron chi connectivity index (χ4n) is 5.16. The molecule has 176 valence electrons. The van der Waals surface area contributed by atoms with Crippen molar-refractivity contribution in [1.82, 2.24) is 0 Å². The van der Waals surface area contributed by atoms with Crippen LogP contribution in [0.1, 0.15) is 57.5 Å². The zero-order chi connectivity index (χ0) is 26.7. The number of Topliss-reactive ketones (excluding diaryl/α,β-unsaturated/α-hetero) is 2. The van der Waals surface area contributed by atoms with Gasteiger partial charge in [0, 0.05) is 36.8 Å². The molecule has 4 aromatic rings. The molecule has 0 saturated carbocycles. The second kappa shape index (κ2) is 8.65. The van der Waals surface area contributed by atoms with Gasteiger partial charge in [0.05, 0.1) is 14.2 Å². The Kier molecular flexibility index (Phi) is 4.76. The number of fused-ring (bicyclic) bond motifs is 2. The van der Waals surface area contributed by atoms with Crippen LogP contribution in [-0.2, 0) is 0 Å².